The van der Waals surface area contributed by atoms with E-state index < -0.39 is 0 Å². The third-order valence-electron chi connectivity index (χ3n) is 4.77. The third kappa shape index (κ3) is 3.53. The first-order valence-electron chi connectivity index (χ1n) is 8.26. The summed E-state index contributed by atoms with van der Waals surface area (Å²) in [7, 11) is 0. The lowest BCUT2D eigenvalue weighted by Gasteiger charge is -2.26. The van der Waals surface area contributed by atoms with Gasteiger partial charge in [-0.05, 0) is 62.7 Å². The first-order valence-corrected chi connectivity index (χ1v) is 8.64. The molecule has 2 fully saturated rings. The van der Waals surface area contributed by atoms with Gasteiger partial charge >= 0.3 is 0 Å². The van der Waals surface area contributed by atoms with Crippen LogP contribution in [0.15, 0.2) is 18.2 Å². The number of anilines is 1. The Morgan fingerprint density at radius 3 is 2.81 bits per heavy atom. The Balaban J connectivity index is 1.71. The van der Waals surface area contributed by atoms with Gasteiger partial charge in [-0.2, -0.15) is 0 Å². The Bertz CT molecular complexity index is 471. The molecule has 1 atom stereocenters. The zero-order valence-corrected chi connectivity index (χ0v) is 13.7. The molecule has 0 amide bonds. The van der Waals surface area contributed by atoms with Crippen LogP contribution in [-0.2, 0) is 6.54 Å². The summed E-state index contributed by atoms with van der Waals surface area (Å²) in [5.74, 6) is 0. The molecule has 116 valence electrons. The van der Waals surface area contributed by atoms with Gasteiger partial charge in [0.05, 0.1) is 0 Å². The second kappa shape index (κ2) is 6.99. The number of halogens is 1. The quantitative estimate of drug-likeness (QED) is 0.901. The highest BCUT2D eigenvalue weighted by Gasteiger charge is 2.30. The van der Waals surface area contributed by atoms with Crippen LogP contribution in [0.2, 0.25) is 5.02 Å². The van der Waals surface area contributed by atoms with Crippen LogP contribution in [0.4, 0.5) is 5.69 Å². The molecular formula is C17H26ClN3. The molecular weight excluding hydrogens is 282 g/mol. The van der Waals surface area contributed by atoms with Crippen molar-refractivity contribution < 1.29 is 0 Å². The fourth-order valence-electron chi connectivity index (χ4n) is 3.63. The normalized spacial score (nSPS) is 23.1. The van der Waals surface area contributed by atoms with Crippen molar-refractivity contribution in [2.45, 2.75) is 38.8 Å². The van der Waals surface area contributed by atoms with Crippen LogP contribution in [-0.4, -0.2) is 43.7 Å². The van der Waals surface area contributed by atoms with Gasteiger partial charge in [-0.15, -0.1) is 0 Å². The van der Waals surface area contributed by atoms with Crippen molar-refractivity contribution in [1.29, 1.82) is 0 Å². The molecule has 2 heterocycles. The molecule has 3 nitrogen and oxygen atoms in total. The molecule has 2 saturated heterocycles. The van der Waals surface area contributed by atoms with Crippen molar-refractivity contribution in [3.05, 3.63) is 28.8 Å². The van der Waals surface area contributed by atoms with E-state index in [0.29, 0.717) is 0 Å². The van der Waals surface area contributed by atoms with Gasteiger partial charge in [0.1, 0.15) is 0 Å². The predicted octanol–water partition coefficient (Wildman–Crippen LogP) is 3.12. The van der Waals surface area contributed by atoms with Crippen LogP contribution in [0.25, 0.3) is 0 Å². The van der Waals surface area contributed by atoms with Gasteiger partial charge in [-0.1, -0.05) is 18.5 Å². The second-order valence-corrected chi connectivity index (χ2v) is 6.62. The lowest BCUT2D eigenvalue weighted by atomic mass is 10.1. The van der Waals surface area contributed by atoms with Gasteiger partial charge < -0.3 is 10.2 Å². The van der Waals surface area contributed by atoms with Gasteiger partial charge in [-0.3, -0.25) is 4.90 Å². The summed E-state index contributed by atoms with van der Waals surface area (Å²) in [6.07, 6.45) is 4.05. The van der Waals surface area contributed by atoms with E-state index in [9.17, 15) is 0 Å². The van der Waals surface area contributed by atoms with E-state index >= 15 is 0 Å². The molecule has 0 aromatic heterocycles. The standard InChI is InChI=1S/C17H26ClN3/c1-2-19-12-14-11-15(18)5-6-17(14)21-10-7-16(13-21)20-8-3-4-9-20/h5-6,11,16,19H,2-4,7-10,12-13H2,1H3. The maximum absolute atomic E-state index is 6.18. The molecule has 2 aliphatic rings. The van der Waals surface area contributed by atoms with Crippen LogP contribution >= 0.6 is 11.6 Å². The number of hydrogen-bond acceptors (Lipinski definition) is 3. The largest absolute Gasteiger partial charge is 0.370 e. The van der Waals surface area contributed by atoms with E-state index in [-0.39, 0.29) is 0 Å². The Morgan fingerprint density at radius 2 is 2.05 bits per heavy atom. The zero-order chi connectivity index (χ0) is 14.7. The van der Waals surface area contributed by atoms with Gasteiger partial charge in [0.15, 0.2) is 0 Å². The lowest BCUT2D eigenvalue weighted by Crippen LogP contribution is -2.35. The highest BCUT2D eigenvalue weighted by molar-refractivity contribution is 6.30. The minimum absolute atomic E-state index is 0.746. The molecule has 1 unspecified atom stereocenters. The maximum Gasteiger partial charge on any atom is 0.0413 e. The SMILES string of the molecule is CCNCc1cc(Cl)ccc1N1CCC(N2CCCC2)C1. The molecule has 1 aromatic carbocycles. The average Bonchev–Trinajstić information content (AvgIpc) is 3.15. The van der Waals surface area contributed by atoms with Gasteiger partial charge in [-0.25, -0.2) is 0 Å². The van der Waals surface area contributed by atoms with Crippen LogP contribution in [0.5, 0.6) is 0 Å². The monoisotopic (exact) mass is 307 g/mol. The summed E-state index contributed by atoms with van der Waals surface area (Å²) < 4.78 is 0. The predicted molar refractivity (Wildman–Crippen MR) is 90.3 cm³/mol. The zero-order valence-electron chi connectivity index (χ0n) is 12.9. The lowest BCUT2D eigenvalue weighted by molar-refractivity contribution is 0.260. The summed E-state index contributed by atoms with van der Waals surface area (Å²) in [4.78, 5) is 5.23. The maximum atomic E-state index is 6.18. The fourth-order valence-corrected chi connectivity index (χ4v) is 3.82. The van der Waals surface area contributed by atoms with Crippen molar-refractivity contribution in [3.8, 4) is 0 Å². The smallest absolute Gasteiger partial charge is 0.0413 e. The van der Waals surface area contributed by atoms with E-state index in [0.717, 1.165) is 24.2 Å². The van der Waals surface area contributed by atoms with Crippen molar-refractivity contribution in [2.24, 2.45) is 0 Å². The van der Waals surface area contributed by atoms with E-state index in [1.165, 1.54) is 56.7 Å². The van der Waals surface area contributed by atoms with E-state index in [1.807, 2.05) is 6.07 Å². The van der Waals surface area contributed by atoms with E-state index in [4.69, 9.17) is 11.6 Å². The third-order valence-corrected chi connectivity index (χ3v) is 5.00. The Hall–Kier alpha value is -0.770. The Morgan fingerprint density at radius 1 is 1.24 bits per heavy atom. The number of nitrogens with one attached hydrogen (secondary N) is 1. The van der Waals surface area contributed by atoms with Crippen molar-refractivity contribution in [3.63, 3.8) is 0 Å². The van der Waals surface area contributed by atoms with Crippen LogP contribution in [0.3, 0.4) is 0 Å². The van der Waals surface area contributed by atoms with Gasteiger partial charge in [0.2, 0.25) is 0 Å². The molecule has 4 heteroatoms. The number of rotatable bonds is 5. The molecule has 3 rings (SSSR count). The molecule has 2 aliphatic heterocycles. The highest BCUT2D eigenvalue weighted by Crippen LogP contribution is 2.29. The fraction of sp³-hybridized carbons (Fsp3) is 0.647. The summed E-state index contributed by atoms with van der Waals surface area (Å²) in [5.41, 5.74) is 2.69. The first kappa shape index (κ1) is 15.1. The summed E-state index contributed by atoms with van der Waals surface area (Å²) >= 11 is 6.18. The van der Waals surface area contributed by atoms with Crippen molar-refractivity contribution in [2.75, 3.05) is 37.6 Å². The van der Waals surface area contributed by atoms with Gasteiger partial charge in [0, 0.05) is 36.4 Å². The highest BCUT2D eigenvalue weighted by atomic mass is 35.5. The molecule has 0 radical (unpaired) electrons. The topological polar surface area (TPSA) is 18.5 Å². The Labute approximate surface area is 133 Å². The summed E-state index contributed by atoms with van der Waals surface area (Å²) in [6, 6.07) is 7.08. The number of hydrogen-bond donors (Lipinski definition) is 1. The number of nitrogens with zero attached hydrogens (tertiary/aromatic N) is 2. The van der Waals surface area contributed by atoms with Crippen LogP contribution < -0.4 is 10.2 Å². The van der Waals surface area contributed by atoms with Crippen LogP contribution in [0, 0.1) is 0 Å². The number of likely N-dealkylation sites (tertiary alicyclic amines) is 1. The summed E-state index contributed by atoms with van der Waals surface area (Å²) in [5, 5.41) is 4.26. The molecule has 0 aliphatic carbocycles. The molecule has 21 heavy (non-hydrogen) atoms. The average molecular weight is 308 g/mol. The summed E-state index contributed by atoms with van der Waals surface area (Å²) in [6.45, 7) is 8.96. The molecule has 1 N–H and O–H groups in total. The minimum Gasteiger partial charge on any atom is -0.370 e. The van der Waals surface area contributed by atoms with E-state index in [1.54, 1.807) is 0 Å². The van der Waals surface area contributed by atoms with Gasteiger partial charge in [0.25, 0.3) is 0 Å². The molecule has 0 spiro atoms. The van der Waals surface area contributed by atoms with Crippen molar-refractivity contribution >= 4 is 17.3 Å². The molecule has 1 aromatic rings. The van der Waals surface area contributed by atoms with E-state index in [2.05, 4.69) is 34.2 Å². The molecule has 0 bridgehead atoms. The molecule has 0 saturated carbocycles. The van der Waals surface area contributed by atoms with Crippen molar-refractivity contribution in [1.82, 2.24) is 10.2 Å². The minimum atomic E-state index is 0.746. The Kier molecular flexibility index (Phi) is 5.04. The second-order valence-electron chi connectivity index (χ2n) is 6.18. The first-order chi connectivity index (χ1) is 10.3. The van der Waals surface area contributed by atoms with Crippen LogP contribution in [0.1, 0.15) is 31.7 Å². The number of benzene rings is 1.